The molecule has 0 bridgehead atoms. The predicted molar refractivity (Wildman–Crippen MR) is 73.5 cm³/mol. The first-order valence-corrected chi connectivity index (χ1v) is 6.19. The molecule has 1 aromatic heterocycles. The second-order valence-electron chi connectivity index (χ2n) is 3.71. The van der Waals surface area contributed by atoms with Gasteiger partial charge < -0.3 is 5.43 Å². The van der Waals surface area contributed by atoms with Crippen molar-refractivity contribution >= 4 is 33.8 Å². The van der Waals surface area contributed by atoms with Crippen molar-refractivity contribution in [3.05, 3.63) is 38.9 Å². The molecule has 4 N–H and O–H groups in total. The largest absolute Gasteiger partial charge is 0.324 e. The molecule has 2 rings (SSSR count). The lowest BCUT2D eigenvalue weighted by Crippen LogP contribution is -2.15. The Morgan fingerprint density at radius 2 is 2.20 bits per heavy atom. The molecule has 0 fully saturated rings. The number of carbonyl (C=O) groups is 1. The van der Waals surface area contributed by atoms with Crippen molar-refractivity contribution in [1.29, 1.82) is 0 Å². The molecule has 0 unspecified atom stereocenters. The number of benzene rings is 1. The Morgan fingerprint density at radius 3 is 2.75 bits per heavy atom. The number of nitrogens with two attached hydrogens (primary N) is 1. The van der Waals surface area contributed by atoms with Gasteiger partial charge in [0.15, 0.2) is 0 Å². The normalized spacial score (nSPS) is 10.1. The van der Waals surface area contributed by atoms with Crippen molar-refractivity contribution in [3.8, 4) is 0 Å². The number of nitrogens with one attached hydrogen (secondary N) is 2. The smallest absolute Gasteiger partial charge is 0.282 e. The molecule has 1 aromatic carbocycles. The molecule has 0 saturated carbocycles. The summed E-state index contributed by atoms with van der Waals surface area (Å²) in [6.45, 7) is 1.73. The van der Waals surface area contributed by atoms with Gasteiger partial charge in [0.25, 0.3) is 11.6 Å². The van der Waals surface area contributed by atoms with Crippen molar-refractivity contribution in [3.63, 3.8) is 0 Å². The van der Waals surface area contributed by atoms with Crippen molar-refractivity contribution < 1.29 is 9.72 Å². The summed E-state index contributed by atoms with van der Waals surface area (Å²) in [6, 6.07) is 3.90. The van der Waals surface area contributed by atoms with Crippen LogP contribution in [-0.4, -0.2) is 21.0 Å². The van der Waals surface area contributed by atoms with E-state index in [1.807, 2.05) is 0 Å². The van der Waals surface area contributed by atoms with Crippen LogP contribution in [0.15, 0.2) is 18.2 Å². The second kappa shape index (κ2) is 5.59. The summed E-state index contributed by atoms with van der Waals surface area (Å²) < 4.78 is 0. The van der Waals surface area contributed by atoms with E-state index >= 15 is 0 Å². The number of nitrogens with zero attached hydrogens (tertiary/aromatic N) is 3. The molecule has 10 heteroatoms. The lowest BCUT2D eigenvalue weighted by molar-refractivity contribution is -0.385. The third-order valence-corrected chi connectivity index (χ3v) is 3.11. The van der Waals surface area contributed by atoms with E-state index in [0.29, 0.717) is 10.7 Å². The number of hydrogen-bond acceptors (Lipinski definition) is 8. The summed E-state index contributed by atoms with van der Waals surface area (Å²) in [5, 5.41) is 21.8. The number of rotatable bonds is 4. The van der Waals surface area contributed by atoms with Gasteiger partial charge in [-0.1, -0.05) is 11.3 Å². The minimum Gasteiger partial charge on any atom is -0.324 e. The van der Waals surface area contributed by atoms with Crippen molar-refractivity contribution in [2.45, 2.75) is 6.92 Å². The number of carbonyl (C=O) groups excluding carboxylic acids is 1. The quantitative estimate of drug-likeness (QED) is 0.439. The molecule has 2 aromatic rings. The van der Waals surface area contributed by atoms with Gasteiger partial charge in [-0.25, -0.2) is 0 Å². The van der Waals surface area contributed by atoms with Crippen LogP contribution in [0.2, 0.25) is 0 Å². The molecule has 0 aliphatic rings. The maximum atomic E-state index is 12.1. The fourth-order valence-corrected chi connectivity index (χ4v) is 2.07. The Bertz CT molecular complexity index is 671. The first-order chi connectivity index (χ1) is 9.51. The summed E-state index contributed by atoms with van der Waals surface area (Å²) >= 11 is 1.17. The molecule has 0 aliphatic carbocycles. The summed E-state index contributed by atoms with van der Waals surface area (Å²) in [6.07, 6.45) is 0. The lowest BCUT2D eigenvalue weighted by atomic mass is 10.1. The predicted octanol–water partition coefficient (Wildman–Crippen LogP) is 1.29. The highest BCUT2D eigenvalue weighted by Crippen LogP contribution is 2.24. The summed E-state index contributed by atoms with van der Waals surface area (Å²) in [5.74, 6) is 4.58. The Balaban J connectivity index is 2.34. The monoisotopic (exact) mass is 294 g/mol. The van der Waals surface area contributed by atoms with Gasteiger partial charge in [0.05, 0.1) is 4.92 Å². The van der Waals surface area contributed by atoms with E-state index in [4.69, 9.17) is 5.84 Å². The topological polar surface area (TPSA) is 136 Å². The fraction of sp³-hybridized carbons (Fsp3) is 0.100. The Labute approximate surface area is 116 Å². The van der Waals surface area contributed by atoms with Crippen molar-refractivity contribution in [2.75, 3.05) is 10.7 Å². The van der Waals surface area contributed by atoms with Crippen LogP contribution in [0.3, 0.4) is 0 Å². The molecule has 0 radical (unpaired) electrons. The van der Waals surface area contributed by atoms with E-state index in [1.165, 1.54) is 29.5 Å². The zero-order valence-electron chi connectivity index (χ0n) is 10.3. The summed E-state index contributed by atoms with van der Waals surface area (Å²) in [4.78, 5) is 22.4. The highest BCUT2D eigenvalue weighted by atomic mass is 32.1. The standard InChI is InChI=1S/C10H10N6O3S/c1-5-14-15-10(20-5)12-9(17)7-4-6(13-11)2-3-8(7)16(18)19/h2-4,13H,11H2,1H3,(H,12,15,17). The fourth-order valence-electron chi connectivity index (χ4n) is 1.48. The lowest BCUT2D eigenvalue weighted by Gasteiger charge is -2.05. The molecule has 0 saturated heterocycles. The highest BCUT2D eigenvalue weighted by Gasteiger charge is 2.21. The molecule has 0 aliphatic heterocycles. The van der Waals surface area contributed by atoms with E-state index in [-0.39, 0.29) is 16.4 Å². The van der Waals surface area contributed by atoms with Gasteiger partial charge in [-0.05, 0) is 19.1 Å². The molecule has 0 atom stereocenters. The van der Waals surface area contributed by atoms with Gasteiger partial charge in [0.2, 0.25) is 5.13 Å². The van der Waals surface area contributed by atoms with Crippen LogP contribution < -0.4 is 16.6 Å². The van der Waals surface area contributed by atoms with Gasteiger partial charge in [0, 0.05) is 11.8 Å². The van der Waals surface area contributed by atoms with Gasteiger partial charge in [-0.15, -0.1) is 10.2 Å². The number of nitro benzene ring substituents is 1. The first kappa shape index (κ1) is 13.8. The average molecular weight is 294 g/mol. The minimum atomic E-state index is -0.648. The number of amides is 1. The maximum Gasteiger partial charge on any atom is 0.282 e. The zero-order valence-corrected chi connectivity index (χ0v) is 11.1. The molecule has 1 heterocycles. The number of aryl methyl sites for hydroxylation is 1. The number of nitro groups is 1. The van der Waals surface area contributed by atoms with Crippen molar-refractivity contribution in [2.24, 2.45) is 5.84 Å². The van der Waals surface area contributed by atoms with E-state index < -0.39 is 10.8 Å². The second-order valence-corrected chi connectivity index (χ2v) is 4.90. The number of hydrazine groups is 1. The van der Waals surface area contributed by atoms with Crippen LogP contribution in [-0.2, 0) is 0 Å². The molecular weight excluding hydrogens is 284 g/mol. The zero-order chi connectivity index (χ0) is 14.7. The van der Waals surface area contributed by atoms with Gasteiger partial charge in [-0.3, -0.25) is 26.1 Å². The van der Waals surface area contributed by atoms with Gasteiger partial charge >= 0.3 is 0 Å². The molecule has 9 nitrogen and oxygen atoms in total. The van der Waals surface area contributed by atoms with Crippen LogP contribution in [0.1, 0.15) is 15.4 Å². The maximum absolute atomic E-state index is 12.1. The number of nitrogen functional groups attached to an aromatic ring is 1. The van der Waals surface area contributed by atoms with Crippen LogP contribution in [0, 0.1) is 17.0 Å². The minimum absolute atomic E-state index is 0.113. The average Bonchev–Trinajstić information content (AvgIpc) is 2.83. The third-order valence-electron chi connectivity index (χ3n) is 2.35. The van der Waals surface area contributed by atoms with Crippen molar-refractivity contribution in [1.82, 2.24) is 10.2 Å². The molecule has 1 amide bonds. The third kappa shape index (κ3) is 2.87. The number of aromatic nitrogens is 2. The summed E-state index contributed by atoms with van der Waals surface area (Å²) in [7, 11) is 0. The molecule has 0 spiro atoms. The molecular formula is C10H10N6O3S. The van der Waals surface area contributed by atoms with Crippen LogP contribution in [0.4, 0.5) is 16.5 Å². The Kier molecular flexibility index (Phi) is 3.86. The SMILES string of the molecule is Cc1nnc(NC(=O)c2cc(NN)ccc2[N+](=O)[O-])s1. The van der Waals surface area contributed by atoms with Crippen LogP contribution >= 0.6 is 11.3 Å². The Hall–Kier alpha value is -2.59. The van der Waals surface area contributed by atoms with E-state index in [0.717, 1.165) is 0 Å². The van der Waals surface area contributed by atoms with Crippen LogP contribution in [0.5, 0.6) is 0 Å². The number of hydrogen-bond donors (Lipinski definition) is 3. The summed E-state index contributed by atoms with van der Waals surface area (Å²) in [5.41, 5.74) is 2.28. The first-order valence-electron chi connectivity index (χ1n) is 5.38. The van der Waals surface area contributed by atoms with Gasteiger partial charge in [-0.2, -0.15) is 0 Å². The van der Waals surface area contributed by atoms with E-state index in [2.05, 4.69) is 20.9 Å². The Morgan fingerprint density at radius 1 is 1.45 bits per heavy atom. The number of anilines is 2. The van der Waals surface area contributed by atoms with Crippen LogP contribution in [0.25, 0.3) is 0 Å². The van der Waals surface area contributed by atoms with E-state index in [1.54, 1.807) is 6.92 Å². The molecule has 104 valence electrons. The van der Waals surface area contributed by atoms with Gasteiger partial charge in [0.1, 0.15) is 10.6 Å². The molecule has 20 heavy (non-hydrogen) atoms. The van der Waals surface area contributed by atoms with E-state index in [9.17, 15) is 14.9 Å². The highest BCUT2D eigenvalue weighted by molar-refractivity contribution is 7.15.